The number of nitrogens with zero attached hydrogens (tertiary/aromatic N) is 1. The predicted octanol–water partition coefficient (Wildman–Crippen LogP) is -0.891. The molecule has 0 aliphatic rings. The molecule has 3 nitrogen and oxygen atoms in total. The average Bonchev–Trinajstić information content (AvgIpc) is 2.41. The molecule has 0 bridgehead atoms. The molecule has 1 aromatic heterocycles. The summed E-state index contributed by atoms with van der Waals surface area (Å²) in [6, 6.07) is 11.8. The van der Waals surface area contributed by atoms with Crippen molar-refractivity contribution < 1.29 is 38.1 Å². The van der Waals surface area contributed by atoms with Crippen LogP contribution in [0.3, 0.4) is 0 Å². The average molecular weight is 383 g/mol. The van der Waals surface area contributed by atoms with E-state index >= 15 is 0 Å². The molecule has 0 aliphatic heterocycles. The molecule has 0 amide bonds. The normalized spacial score (nSPS) is 9.70. The van der Waals surface area contributed by atoms with Crippen molar-refractivity contribution in [2.45, 2.75) is 20.0 Å². The molecule has 0 fully saturated rings. The summed E-state index contributed by atoms with van der Waals surface area (Å²) in [6.45, 7) is 2.37. The Kier molecular flexibility index (Phi) is 6.64. The number of carbonyl (C=O) groups is 1. The van der Waals surface area contributed by atoms with Crippen molar-refractivity contribution in [2.24, 2.45) is 7.05 Å². The van der Waals surface area contributed by atoms with Crippen LogP contribution in [0.25, 0.3) is 0 Å². The number of halogens is 1. The third-order valence-corrected chi connectivity index (χ3v) is 2.92. The van der Waals surface area contributed by atoms with E-state index in [1.165, 1.54) is 5.56 Å². The first-order chi connectivity index (χ1) is 9.13. The van der Waals surface area contributed by atoms with Crippen LogP contribution >= 0.6 is 0 Å². The second-order valence-electron chi connectivity index (χ2n) is 4.69. The van der Waals surface area contributed by atoms with Crippen LogP contribution in [-0.2, 0) is 29.6 Å². The minimum atomic E-state index is -0.200. The summed E-state index contributed by atoms with van der Waals surface area (Å²) >= 11 is 0. The number of hydrogen-bond donors (Lipinski definition) is 0. The van der Waals surface area contributed by atoms with Gasteiger partial charge in [-0.2, -0.15) is 0 Å². The Bertz CT molecular complexity index is 550. The molecule has 0 spiro atoms. The van der Waals surface area contributed by atoms with Gasteiger partial charge in [0.25, 0.3) is 0 Å². The molecule has 4 heteroatoms. The summed E-state index contributed by atoms with van der Waals surface area (Å²) in [5, 5.41) is 0. The molecule has 2 rings (SSSR count). The van der Waals surface area contributed by atoms with Crippen LogP contribution in [0.2, 0.25) is 0 Å². The minimum Gasteiger partial charge on any atom is -1.00 e. The van der Waals surface area contributed by atoms with E-state index in [0.717, 1.165) is 11.1 Å². The monoisotopic (exact) mass is 383 g/mol. The summed E-state index contributed by atoms with van der Waals surface area (Å²) in [5.41, 5.74) is 3.18. The molecule has 0 saturated heterocycles. The molecule has 0 aliphatic carbocycles. The van der Waals surface area contributed by atoms with Gasteiger partial charge in [-0.05, 0) is 18.1 Å². The molecule has 2 aromatic rings. The third kappa shape index (κ3) is 5.28. The number of hydrogen-bond acceptors (Lipinski definition) is 2. The number of ether oxygens (including phenoxy) is 1. The van der Waals surface area contributed by atoms with Crippen LogP contribution < -0.4 is 28.5 Å². The molecular weight excluding hydrogens is 365 g/mol. The van der Waals surface area contributed by atoms with E-state index in [9.17, 15) is 4.79 Å². The maximum atomic E-state index is 11.7. The Morgan fingerprint density at radius 2 is 1.65 bits per heavy atom. The molecule has 0 saturated carbocycles. The SMILES string of the molecule is Cc1ccc(COC(=O)Cc2cc[n+](C)cc2)cc1.[I-]. The molecule has 106 valence electrons. The summed E-state index contributed by atoms with van der Waals surface area (Å²) < 4.78 is 7.19. The number of rotatable bonds is 4. The number of aryl methyl sites for hydroxylation is 2. The van der Waals surface area contributed by atoms with Crippen molar-refractivity contribution in [1.29, 1.82) is 0 Å². The fraction of sp³-hybridized carbons (Fsp3) is 0.250. The summed E-state index contributed by atoms with van der Waals surface area (Å²) in [5.74, 6) is -0.200. The highest BCUT2D eigenvalue weighted by Gasteiger charge is 2.06. The second kappa shape index (κ2) is 7.99. The van der Waals surface area contributed by atoms with E-state index in [1.807, 2.05) is 67.3 Å². The summed E-state index contributed by atoms with van der Waals surface area (Å²) in [7, 11) is 1.94. The van der Waals surface area contributed by atoms with E-state index in [1.54, 1.807) is 0 Å². The lowest BCUT2D eigenvalue weighted by Gasteiger charge is -2.05. The van der Waals surface area contributed by atoms with Crippen LogP contribution in [0.5, 0.6) is 0 Å². The first-order valence-electron chi connectivity index (χ1n) is 6.29. The highest BCUT2D eigenvalue weighted by molar-refractivity contribution is 5.72. The minimum absolute atomic E-state index is 0. The molecule has 0 atom stereocenters. The van der Waals surface area contributed by atoms with Crippen LogP contribution in [0, 0.1) is 6.92 Å². The Balaban J connectivity index is 0.00000200. The zero-order chi connectivity index (χ0) is 13.7. The van der Waals surface area contributed by atoms with Crippen molar-refractivity contribution in [2.75, 3.05) is 0 Å². The van der Waals surface area contributed by atoms with Gasteiger partial charge in [-0.25, -0.2) is 4.57 Å². The maximum Gasteiger partial charge on any atom is 0.310 e. The van der Waals surface area contributed by atoms with Crippen LogP contribution in [0.1, 0.15) is 16.7 Å². The highest BCUT2D eigenvalue weighted by atomic mass is 127. The van der Waals surface area contributed by atoms with Crippen LogP contribution in [0.15, 0.2) is 48.8 Å². The Morgan fingerprint density at radius 3 is 2.25 bits per heavy atom. The first kappa shape index (κ1) is 16.6. The van der Waals surface area contributed by atoms with Gasteiger partial charge >= 0.3 is 5.97 Å². The zero-order valence-corrected chi connectivity index (χ0v) is 13.8. The Labute approximate surface area is 136 Å². The van der Waals surface area contributed by atoms with Gasteiger partial charge in [0.2, 0.25) is 0 Å². The van der Waals surface area contributed by atoms with Crippen molar-refractivity contribution in [3.8, 4) is 0 Å². The van der Waals surface area contributed by atoms with E-state index in [2.05, 4.69) is 0 Å². The van der Waals surface area contributed by atoms with Crippen molar-refractivity contribution >= 4 is 5.97 Å². The van der Waals surface area contributed by atoms with Gasteiger partial charge in [0.05, 0.1) is 6.42 Å². The number of benzene rings is 1. The molecular formula is C16H18INO2. The van der Waals surface area contributed by atoms with Crippen molar-refractivity contribution in [3.05, 3.63) is 65.5 Å². The van der Waals surface area contributed by atoms with Gasteiger partial charge in [0, 0.05) is 12.1 Å². The third-order valence-electron chi connectivity index (χ3n) is 2.92. The van der Waals surface area contributed by atoms with Crippen molar-refractivity contribution in [3.63, 3.8) is 0 Å². The van der Waals surface area contributed by atoms with Crippen LogP contribution in [0.4, 0.5) is 0 Å². The Morgan fingerprint density at radius 1 is 1.05 bits per heavy atom. The van der Waals surface area contributed by atoms with Crippen molar-refractivity contribution in [1.82, 2.24) is 0 Å². The van der Waals surface area contributed by atoms with E-state index in [4.69, 9.17) is 4.74 Å². The highest BCUT2D eigenvalue weighted by Crippen LogP contribution is 2.06. The lowest BCUT2D eigenvalue weighted by Crippen LogP contribution is -3.00. The summed E-state index contributed by atoms with van der Waals surface area (Å²) in [6.07, 6.45) is 4.15. The largest absolute Gasteiger partial charge is 1.00 e. The van der Waals surface area contributed by atoms with Gasteiger partial charge in [-0.1, -0.05) is 29.8 Å². The number of esters is 1. The lowest BCUT2D eigenvalue weighted by molar-refractivity contribution is -0.671. The molecule has 0 N–H and O–H groups in total. The van der Waals surface area contributed by atoms with Gasteiger partial charge in [0.15, 0.2) is 12.4 Å². The molecule has 0 unspecified atom stereocenters. The fourth-order valence-electron chi connectivity index (χ4n) is 1.72. The summed E-state index contributed by atoms with van der Waals surface area (Å²) in [4.78, 5) is 11.7. The molecule has 1 heterocycles. The molecule has 20 heavy (non-hydrogen) atoms. The topological polar surface area (TPSA) is 30.2 Å². The molecule has 0 radical (unpaired) electrons. The van der Waals surface area contributed by atoms with Crippen LogP contribution in [-0.4, -0.2) is 5.97 Å². The van der Waals surface area contributed by atoms with Gasteiger partial charge < -0.3 is 28.7 Å². The van der Waals surface area contributed by atoms with E-state index < -0.39 is 0 Å². The van der Waals surface area contributed by atoms with Gasteiger partial charge in [-0.3, -0.25) is 4.79 Å². The number of pyridine rings is 1. The van der Waals surface area contributed by atoms with E-state index in [0.29, 0.717) is 13.0 Å². The smallest absolute Gasteiger partial charge is 0.310 e. The quantitative estimate of drug-likeness (QED) is 0.390. The Hall–Kier alpha value is -1.43. The zero-order valence-electron chi connectivity index (χ0n) is 11.7. The predicted molar refractivity (Wildman–Crippen MR) is 72.3 cm³/mol. The maximum absolute atomic E-state index is 11.7. The first-order valence-corrected chi connectivity index (χ1v) is 6.29. The second-order valence-corrected chi connectivity index (χ2v) is 4.69. The van der Waals surface area contributed by atoms with Gasteiger partial charge in [-0.15, -0.1) is 0 Å². The number of carbonyl (C=O) groups excluding carboxylic acids is 1. The standard InChI is InChI=1S/C16H18NO2.HI/c1-13-3-5-15(6-4-13)12-19-16(18)11-14-7-9-17(2)10-8-14;/h3-10H,11-12H2,1-2H3;1H/q+1;/p-1. The fourth-order valence-corrected chi connectivity index (χ4v) is 1.72. The van der Waals surface area contributed by atoms with E-state index in [-0.39, 0.29) is 29.9 Å². The van der Waals surface area contributed by atoms with Gasteiger partial charge in [0.1, 0.15) is 13.7 Å². The number of aromatic nitrogens is 1. The molecule has 1 aromatic carbocycles. The lowest BCUT2D eigenvalue weighted by atomic mass is 10.2.